The second-order valence-electron chi connectivity index (χ2n) is 3.38. The summed E-state index contributed by atoms with van der Waals surface area (Å²) in [4.78, 5) is 0. The summed E-state index contributed by atoms with van der Waals surface area (Å²) in [6, 6.07) is 0. The largest absolute Gasteiger partial charge is 0.330 e. The van der Waals surface area contributed by atoms with E-state index in [9.17, 15) is 4.57 Å². The maximum absolute atomic E-state index is 11.2. The van der Waals surface area contributed by atoms with E-state index in [0.29, 0.717) is 6.61 Å². The molecule has 0 fully saturated rings. The molecule has 0 rings (SSSR count). The summed E-state index contributed by atoms with van der Waals surface area (Å²) in [5, 5.41) is 0. The molecule has 0 radical (unpaired) electrons. The summed E-state index contributed by atoms with van der Waals surface area (Å²) < 4.78 is 16.4. The standard InChI is InChI=1S/C10H23O2P.Al.3H/c1-3-5-7-8-9-12-13(11)10-6-4-2;;;;/h13H,3-10H2,1-2H3;;;;. The summed E-state index contributed by atoms with van der Waals surface area (Å²) in [6.07, 6.45) is 7.69. The molecule has 0 N–H and O–H groups in total. The topological polar surface area (TPSA) is 26.3 Å². The lowest BCUT2D eigenvalue weighted by atomic mass is 10.2. The molecular weight excluding hydrogens is 210 g/mol. The summed E-state index contributed by atoms with van der Waals surface area (Å²) in [6.45, 7) is 4.99. The molecule has 4 heteroatoms. The van der Waals surface area contributed by atoms with Gasteiger partial charge in [-0.1, -0.05) is 39.5 Å². The molecule has 86 valence electrons. The Morgan fingerprint density at radius 3 is 2.21 bits per heavy atom. The highest BCUT2D eigenvalue weighted by molar-refractivity contribution is 7.39. The van der Waals surface area contributed by atoms with Crippen LogP contribution in [0.5, 0.6) is 0 Å². The van der Waals surface area contributed by atoms with Crippen LogP contribution in [0.15, 0.2) is 0 Å². The first kappa shape index (κ1) is 17.1. The molecule has 14 heavy (non-hydrogen) atoms. The van der Waals surface area contributed by atoms with Gasteiger partial charge in [-0.25, -0.2) is 0 Å². The van der Waals surface area contributed by atoms with Crippen molar-refractivity contribution in [2.75, 3.05) is 12.8 Å². The zero-order valence-corrected chi connectivity index (χ0v) is 9.97. The molecule has 1 unspecified atom stereocenters. The number of hydrogen-bond acceptors (Lipinski definition) is 2. The van der Waals surface area contributed by atoms with Gasteiger partial charge >= 0.3 is 0 Å². The van der Waals surface area contributed by atoms with Crippen molar-refractivity contribution in [2.24, 2.45) is 0 Å². The van der Waals surface area contributed by atoms with E-state index in [0.717, 1.165) is 25.4 Å². The van der Waals surface area contributed by atoms with Crippen molar-refractivity contribution >= 4 is 25.4 Å². The first-order valence-corrected chi connectivity index (χ1v) is 6.99. The second kappa shape index (κ2) is 13.7. The molecule has 0 saturated carbocycles. The maximum Gasteiger partial charge on any atom is 0.191 e. The van der Waals surface area contributed by atoms with Crippen molar-refractivity contribution in [1.29, 1.82) is 0 Å². The average molecular weight is 236 g/mol. The SMILES string of the molecule is CCCCCCO[PH](=O)CCCC.[AlH3]. The molecule has 0 amide bonds. The molecule has 0 aliphatic heterocycles. The summed E-state index contributed by atoms with van der Waals surface area (Å²) in [7, 11) is -1.69. The second-order valence-corrected chi connectivity index (χ2v) is 4.92. The zero-order chi connectivity index (χ0) is 9.94. The maximum atomic E-state index is 11.2. The molecule has 0 bridgehead atoms. The molecule has 0 aliphatic rings. The van der Waals surface area contributed by atoms with Gasteiger partial charge in [0.1, 0.15) is 0 Å². The summed E-state index contributed by atoms with van der Waals surface area (Å²) >= 11 is 0. The Hall–Kier alpha value is 0.722. The van der Waals surface area contributed by atoms with Crippen LogP contribution >= 0.6 is 8.03 Å². The lowest BCUT2D eigenvalue weighted by molar-refractivity contribution is 0.316. The highest BCUT2D eigenvalue weighted by Crippen LogP contribution is 2.23. The van der Waals surface area contributed by atoms with Crippen LogP contribution in [-0.2, 0) is 9.09 Å². The van der Waals surface area contributed by atoms with E-state index in [1.807, 2.05) is 0 Å². The Labute approximate surface area is 99.8 Å². The number of unbranched alkanes of at least 4 members (excludes halogenated alkanes) is 4. The third kappa shape index (κ3) is 12.7. The minimum Gasteiger partial charge on any atom is -0.330 e. The molecule has 0 spiro atoms. The molecule has 1 atom stereocenters. The van der Waals surface area contributed by atoms with Crippen molar-refractivity contribution in [3.05, 3.63) is 0 Å². The normalized spacial score (nSPS) is 12.1. The third-order valence-electron chi connectivity index (χ3n) is 2.00. The van der Waals surface area contributed by atoms with Crippen LogP contribution in [0.25, 0.3) is 0 Å². The van der Waals surface area contributed by atoms with Gasteiger partial charge in [0, 0.05) is 6.16 Å². The van der Waals surface area contributed by atoms with Crippen LogP contribution in [0.3, 0.4) is 0 Å². The molecule has 0 aliphatic carbocycles. The van der Waals surface area contributed by atoms with Crippen LogP contribution in [0.4, 0.5) is 0 Å². The summed E-state index contributed by atoms with van der Waals surface area (Å²) in [5.74, 6) is 0. The van der Waals surface area contributed by atoms with Gasteiger partial charge in [-0.15, -0.1) is 0 Å². The van der Waals surface area contributed by atoms with E-state index < -0.39 is 8.03 Å². The first-order valence-electron chi connectivity index (χ1n) is 5.46. The van der Waals surface area contributed by atoms with E-state index in [2.05, 4.69) is 13.8 Å². The highest BCUT2D eigenvalue weighted by atomic mass is 31.1. The average Bonchev–Trinajstić information content (AvgIpc) is 2.14. The van der Waals surface area contributed by atoms with Gasteiger partial charge < -0.3 is 4.52 Å². The lowest BCUT2D eigenvalue weighted by Crippen LogP contribution is -1.89. The molecule has 2 nitrogen and oxygen atoms in total. The van der Waals surface area contributed by atoms with Gasteiger partial charge in [0.05, 0.1) is 6.61 Å². The molecule has 0 aromatic carbocycles. The molecule has 0 saturated heterocycles. The van der Waals surface area contributed by atoms with Crippen molar-refractivity contribution in [3.8, 4) is 0 Å². The minimum atomic E-state index is -1.69. The fourth-order valence-electron chi connectivity index (χ4n) is 1.11. The molecule has 0 heterocycles. The summed E-state index contributed by atoms with van der Waals surface area (Å²) in [5.41, 5.74) is 0. The van der Waals surface area contributed by atoms with E-state index in [1.165, 1.54) is 19.3 Å². The molecular formula is C10H26AlO2P. The predicted molar refractivity (Wildman–Crippen MR) is 68.8 cm³/mol. The fourth-order valence-corrected chi connectivity index (χ4v) is 2.27. The van der Waals surface area contributed by atoms with Crippen molar-refractivity contribution < 1.29 is 9.09 Å². The number of rotatable bonds is 9. The molecule has 0 aromatic heterocycles. The van der Waals surface area contributed by atoms with Gasteiger partial charge in [-0.2, -0.15) is 0 Å². The van der Waals surface area contributed by atoms with Gasteiger partial charge in [-0.3, -0.25) is 4.57 Å². The number of hydrogen-bond donors (Lipinski definition) is 0. The zero-order valence-electron chi connectivity index (χ0n) is 8.97. The van der Waals surface area contributed by atoms with E-state index in [1.54, 1.807) is 0 Å². The monoisotopic (exact) mass is 236 g/mol. The van der Waals surface area contributed by atoms with Gasteiger partial charge in [-0.05, 0) is 12.8 Å². The van der Waals surface area contributed by atoms with Crippen LogP contribution < -0.4 is 0 Å². The van der Waals surface area contributed by atoms with Crippen molar-refractivity contribution in [1.82, 2.24) is 0 Å². The third-order valence-corrected chi connectivity index (χ3v) is 3.28. The minimum absolute atomic E-state index is 0. The van der Waals surface area contributed by atoms with E-state index in [-0.39, 0.29) is 17.4 Å². The Balaban J connectivity index is 0. The quantitative estimate of drug-likeness (QED) is 0.349. The van der Waals surface area contributed by atoms with Crippen LogP contribution in [-0.4, -0.2) is 30.1 Å². The van der Waals surface area contributed by atoms with Crippen molar-refractivity contribution in [3.63, 3.8) is 0 Å². The van der Waals surface area contributed by atoms with Crippen LogP contribution in [0.1, 0.15) is 52.4 Å². The van der Waals surface area contributed by atoms with Gasteiger partial charge in [0.2, 0.25) is 0 Å². The van der Waals surface area contributed by atoms with Crippen LogP contribution in [0.2, 0.25) is 0 Å². The Kier molecular flexibility index (Phi) is 16.8. The van der Waals surface area contributed by atoms with Gasteiger partial charge in [0.15, 0.2) is 25.4 Å². The Morgan fingerprint density at radius 2 is 1.64 bits per heavy atom. The van der Waals surface area contributed by atoms with Crippen LogP contribution in [0, 0.1) is 0 Å². The van der Waals surface area contributed by atoms with E-state index in [4.69, 9.17) is 4.52 Å². The smallest absolute Gasteiger partial charge is 0.191 e. The highest BCUT2D eigenvalue weighted by Gasteiger charge is 1.97. The van der Waals surface area contributed by atoms with Gasteiger partial charge in [0.25, 0.3) is 0 Å². The van der Waals surface area contributed by atoms with E-state index >= 15 is 0 Å². The van der Waals surface area contributed by atoms with Crippen molar-refractivity contribution in [2.45, 2.75) is 52.4 Å². The fraction of sp³-hybridized carbons (Fsp3) is 1.00. The Bertz CT molecular complexity index is 131. The lowest BCUT2D eigenvalue weighted by Gasteiger charge is -2.02. The first-order chi connectivity index (χ1) is 6.31. The predicted octanol–water partition coefficient (Wildman–Crippen LogP) is 2.67. The molecule has 0 aromatic rings. The Morgan fingerprint density at radius 1 is 1.00 bits per heavy atom.